The lowest BCUT2D eigenvalue weighted by molar-refractivity contribution is 0.0312. The third-order valence-corrected chi connectivity index (χ3v) is 8.49. The Bertz CT molecular complexity index is 1540. The van der Waals surface area contributed by atoms with Crippen LogP contribution in [0.2, 0.25) is 0 Å². The third kappa shape index (κ3) is 6.40. The number of likely N-dealkylation sites (tertiary alicyclic amines) is 1. The van der Waals surface area contributed by atoms with Crippen LogP contribution in [0.5, 0.6) is 5.75 Å². The summed E-state index contributed by atoms with van der Waals surface area (Å²) in [6, 6.07) is 25.6. The van der Waals surface area contributed by atoms with Crippen LogP contribution in [0.1, 0.15) is 24.0 Å². The first kappa shape index (κ1) is 29.3. The number of nitrogens with one attached hydrogen (secondary N) is 1. The summed E-state index contributed by atoms with van der Waals surface area (Å²) in [4.78, 5) is 32.5. The number of hydrogen-bond donors (Lipinski definition) is 1. The summed E-state index contributed by atoms with van der Waals surface area (Å²) < 4.78 is 16.6. The molecule has 10 heteroatoms. The number of aromatic amines is 1. The zero-order valence-corrected chi connectivity index (χ0v) is 24.9. The molecule has 2 saturated heterocycles. The highest BCUT2D eigenvalue weighted by molar-refractivity contribution is 5.95. The predicted octanol–water partition coefficient (Wildman–Crippen LogP) is 5.72. The number of nitrogens with zero attached hydrogens (tertiary/aromatic N) is 4. The molecule has 6 rings (SSSR count). The van der Waals surface area contributed by atoms with Crippen LogP contribution in [0, 0.1) is 0 Å². The largest absolute Gasteiger partial charge is 0.497 e. The molecular formula is C34H37N5O5. The molecule has 3 aromatic carbocycles. The minimum absolute atomic E-state index is 0.0459. The maximum absolute atomic E-state index is 14.1. The molecule has 0 radical (unpaired) electrons. The second kappa shape index (κ2) is 13.2. The normalized spacial score (nSPS) is 16.0. The van der Waals surface area contributed by atoms with Gasteiger partial charge in [0.25, 0.3) is 0 Å². The second-order valence-electron chi connectivity index (χ2n) is 11.2. The van der Waals surface area contributed by atoms with E-state index in [1.165, 1.54) is 0 Å². The molecule has 3 amide bonds. The number of aromatic nitrogens is 2. The van der Waals surface area contributed by atoms with Gasteiger partial charge in [-0.2, -0.15) is 5.10 Å². The van der Waals surface area contributed by atoms with Crippen molar-refractivity contribution in [3.63, 3.8) is 0 Å². The number of carbonyl (C=O) groups excluding carboxylic acids is 2. The highest BCUT2D eigenvalue weighted by Crippen LogP contribution is 2.40. The molecule has 1 N–H and O–H groups in total. The van der Waals surface area contributed by atoms with Crippen molar-refractivity contribution in [3.05, 3.63) is 102 Å². The zero-order chi connectivity index (χ0) is 30.4. The van der Waals surface area contributed by atoms with E-state index in [2.05, 4.69) is 10.2 Å². The van der Waals surface area contributed by atoms with Gasteiger partial charge >= 0.3 is 12.1 Å². The molecule has 2 aliphatic rings. The molecular weight excluding hydrogens is 558 g/mol. The molecule has 228 valence electrons. The fourth-order valence-electron chi connectivity index (χ4n) is 6.01. The summed E-state index contributed by atoms with van der Waals surface area (Å²) in [7, 11) is 1.64. The van der Waals surface area contributed by atoms with Crippen molar-refractivity contribution < 1.29 is 23.8 Å². The van der Waals surface area contributed by atoms with Crippen molar-refractivity contribution in [2.75, 3.05) is 44.9 Å². The van der Waals surface area contributed by atoms with E-state index in [9.17, 15) is 9.59 Å². The number of methoxy groups -OCH3 is 1. The summed E-state index contributed by atoms with van der Waals surface area (Å²) in [6.07, 6.45) is 4.56. The van der Waals surface area contributed by atoms with Crippen LogP contribution in [0.3, 0.4) is 0 Å². The highest BCUT2D eigenvalue weighted by atomic mass is 16.6. The molecule has 2 fully saturated rings. The Morgan fingerprint density at radius 3 is 2.43 bits per heavy atom. The first-order valence-electron chi connectivity index (χ1n) is 14.9. The summed E-state index contributed by atoms with van der Waals surface area (Å²) in [5, 5.41) is 6.88. The van der Waals surface area contributed by atoms with Crippen LogP contribution in [0.4, 0.5) is 15.3 Å². The number of urea groups is 1. The van der Waals surface area contributed by atoms with Gasteiger partial charge in [0.2, 0.25) is 0 Å². The quantitative estimate of drug-likeness (QED) is 0.236. The number of hydrogen-bond acceptors (Lipinski definition) is 6. The van der Waals surface area contributed by atoms with Gasteiger partial charge in [-0.25, -0.2) is 9.59 Å². The molecule has 0 saturated carbocycles. The van der Waals surface area contributed by atoms with Crippen LogP contribution >= 0.6 is 0 Å². The van der Waals surface area contributed by atoms with Gasteiger partial charge in [-0.05, 0) is 53.8 Å². The van der Waals surface area contributed by atoms with E-state index in [0.717, 1.165) is 33.7 Å². The molecule has 44 heavy (non-hydrogen) atoms. The van der Waals surface area contributed by atoms with Crippen molar-refractivity contribution in [1.29, 1.82) is 0 Å². The highest BCUT2D eigenvalue weighted by Gasteiger charge is 2.51. The van der Waals surface area contributed by atoms with Gasteiger partial charge in [-0.15, -0.1) is 0 Å². The molecule has 0 bridgehead atoms. The molecule has 10 nitrogen and oxygen atoms in total. The summed E-state index contributed by atoms with van der Waals surface area (Å²) >= 11 is 0. The number of benzene rings is 3. The van der Waals surface area contributed by atoms with Crippen molar-refractivity contribution in [2.45, 2.75) is 31.5 Å². The van der Waals surface area contributed by atoms with Crippen molar-refractivity contribution in [1.82, 2.24) is 20.0 Å². The Morgan fingerprint density at radius 2 is 1.70 bits per heavy atom. The SMILES string of the molecule is COc1cccc(CN2C(=O)N(c3ccc(-c4cn[nH]c4)cc3)CC23CCN(C(=O)OCCOCc2ccccc2)CC3)c1. The van der Waals surface area contributed by atoms with Gasteiger partial charge in [0.15, 0.2) is 0 Å². The van der Waals surface area contributed by atoms with Gasteiger partial charge in [-0.1, -0.05) is 54.6 Å². The molecule has 1 spiro atoms. The second-order valence-corrected chi connectivity index (χ2v) is 11.2. The molecule has 3 heterocycles. The van der Waals surface area contributed by atoms with Gasteiger partial charge in [0.1, 0.15) is 12.4 Å². The van der Waals surface area contributed by atoms with E-state index in [4.69, 9.17) is 14.2 Å². The number of carbonyl (C=O) groups is 2. The number of H-pyrrole nitrogens is 1. The molecule has 0 atom stereocenters. The summed E-state index contributed by atoms with van der Waals surface area (Å²) in [5.74, 6) is 0.750. The first-order chi connectivity index (χ1) is 21.5. The number of amides is 3. The van der Waals surface area contributed by atoms with E-state index in [1.54, 1.807) is 18.2 Å². The minimum Gasteiger partial charge on any atom is -0.497 e. The third-order valence-electron chi connectivity index (χ3n) is 8.49. The Morgan fingerprint density at radius 1 is 0.932 bits per heavy atom. The van der Waals surface area contributed by atoms with Crippen LogP contribution < -0.4 is 9.64 Å². The van der Waals surface area contributed by atoms with Crippen molar-refractivity contribution >= 4 is 17.8 Å². The fraction of sp³-hybridized carbons (Fsp3) is 0.324. The predicted molar refractivity (Wildman–Crippen MR) is 166 cm³/mol. The average molecular weight is 596 g/mol. The fourth-order valence-corrected chi connectivity index (χ4v) is 6.01. The van der Waals surface area contributed by atoms with E-state index in [-0.39, 0.29) is 18.7 Å². The lowest BCUT2D eigenvalue weighted by atomic mass is 9.86. The maximum Gasteiger partial charge on any atom is 0.409 e. The van der Waals surface area contributed by atoms with Gasteiger partial charge in [-0.3, -0.25) is 10.00 Å². The van der Waals surface area contributed by atoms with E-state index >= 15 is 0 Å². The van der Waals surface area contributed by atoms with Crippen LogP contribution in [0.25, 0.3) is 11.1 Å². The minimum atomic E-state index is -0.432. The van der Waals surface area contributed by atoms with Crippen LogP contribution in [-0.2, 0) is 22.6 Å². The average Bonchev–Trinajstić information content (AvgIpc) is 3.70. The summed E-state index contributed by atoms with van der Waals surface area (Å²) in [6.45, 7) is 2.98. The van der Waals surface area contributed by atoms with Crippen LogP contribution in [-0.4, -0.2) is 77.6 Å². The molecule has 0 unspecified atom stereocenters. The smallest absolute Gasteiger partial charge is 0.409 e. The summed E-state index contributed by atoms with van der Waals surface area (Å²) in [5.41, 5.74) is 4.49. The standard InChI is InChI=1S/C34H37N5O5/c1-42-31-9-5-8-27(20-31)23-39-32(40)38(30-12-10-28(11-13-30)29-21-35-36-22-29)25-34(39)14-16-37(17-15-34)33(41)44-19-18-43-24-26-6-3-2-4-7-26/h2-13,20-22H,14-19,23-25H2,1H3,(H,35,36). The van der Waals surface area contributed by atoms with Crippen molar-refractivity contribution in [2.24, 2.45) is 0 Å². The topological polar surface area (TPSA) is 100 Å². The van der Waals surface area contributed by atoms with Gasteiger partial charge < -0.3 is 24.0 Å². The van der Waals surface area contributed by atoms with Crippen LogP contribution in [0.15, 0.2) is 91.3 Å². The molecule has 1 aromatic heterocycles. The number of anilines is 1. The monoisotopic (exact) mass is 595 g/mol. The number of piperidine rings is 1. The lowest BCUT2D eigenvalue weighted by Crippen LogP contribution is -2.55. The Balaban J connectivity index is 1.12. The number of ether oxygens (including phenoxy) is 3. The van der Waals surface area contributed by atoms with E-state index in [0.29, 0.717) is 52.2 Å². The molecule has 0 aliphatic carbocycles. The number of rotatable bonds is 10. The molecule has 4 aromatic rings. The lowest BCUT2D eigenvalue weighted by Gasteiger charge is -2.43. The first-order valence-corrected chi connectivity index (χ1v) is 14.9. The Kier molecular flexibility index (Phi) is 8.79. The Hall–Kier alpha value is -4.83. The van der Waals surface area contributed by atoms with Crippen molar-refractivity contribution in [3.8, 4) is 16.9 Å². The van der Waals surface area contributed by atoms with Gasteiger partial charge in [0, 0.05) is 37.1 Å². The van der Waals surface area contributed by atoms with E-state index < -0.39 is 5.54 Å². The maximum atomic E-state index is 14.1. The van der Waals surface area contributed by atoms with Gasteiger partial charge in [0.05, 0.1) is 38.6 Å². The zero-order valence-electron chi connectivity index (χ0n) is 24.9. The molecule has 2 aliphatic heterocycles. The van der Waals surface area contributed by atoms with E-state index in [1.807, 2.05) is 94.9 Å². The Labute approximate surface area is 257 Å².